The van der Waals surface area contributed by atoms with E-state index in [1.54, 1.807) is 0 Å². The zero-order chi connectivity index (χ0) is 14.9. The fraction of sp³-hybridized carbons (Fsp3) is 0.400. The van der Waals surface area contributed by atoms with Crippen molar-refractivity contribution in [3.63, 3.8) is 0 Å². The van der Waals surface area contributed by atoms with Gasteiger partial charge in [-0.25, -0.2) is 0 Å². The molecule has 0 N–H and O–H groups in total. The molecule has 1 unspecified atom stereocenters. The minimum absolute atomic E-state index is 0.762. The van der Waals surface area contributed by atoms with Crippen molar-refractivity contribution in [2.24, 2.45) is 5.92 Å². The molecule has 0 bridgehead atoms. The highest BCUT2D eigenvalue weighted by molar-refractivity contribution is 5.15. The predicted octanol–water partition coefficient (Wildman–Crippen LogP) is 4.78. The number of nitrogens with zero attached hydrogens (tertiary/aromatic N) is 1. The Hall–Kier alpha value is -1.60. The van der Waals surface area contributed by atoms with Crippen LogP contribution in [0.5, 0.6) is 0 Å². The lowest BCUT2D eigenvalue weighted by Gasteiger charge is -2.18. The van der Waals surface area contributed by atoms with Crippen LogP contribution in [0.25, 0.3) is 0 Å². The molecule has 0 aromatic heterocycles. The van der Waals surface area contributed by atoms with E-state index < -0.39 is 0 Å². The van der Waals surface area contributed by atoms with Gasteiger partial charge in [0.15, 0.2) is 0 Å². The summed E-state index contributed by atoms with van der Waals surface area (Å²) in [6.45, 7) is 4.59. The van der Waals surface area contributed by atoms with Crippen LogP contribution in [-0.2, 0) is 13.0 Å². The van der Waals surface area contributed by atoms with Gasteiger partial charge in [-0.2, -0.15) is 0 Å². The van der Waals surface area contributed by atoms with Crippen molar-refractivity contribution in [3.05, 3.63) is 71.8 Å². The van der Waals surface area contributed by atoms with Crippen LogP contribution in [0.3, 0.4) is 0 Å². The molecular formula is C20H27N. The Kier molecular flexibility index (Phi) is 6.49. The standard InChI is InChI=1S/C20H27N/c1-18(16-19-11-5-3-6-12-19)10-9-15-21(2)17-20-13-7-4-8-14-20/h3-8,11-14,18H,9-10,15-17H2,1-2H3. The lowest BCUT2D eigenvalue weighted by molar-refractivity contribution is 0.308. The Morgan fingerprint density at radius 1 is 0.857 bits per heavy atom. The van der Waals surface area contributed by atoms with Gasteiger partial charge in [0.1, 0.15) is 0 Å². The summed E-state index contributed by atoms with van der Waals surface area (Å²) in [5.74, 6) is 0.762. The van der Waals surface area contributed by atoms with Gasteiger partial charge in [0.25, 0.3) is 0 Å². The average molecular weight is 281 g/mol. The van der Waals surface area contributed by atoms with Crippen LogP contribution in [0.4, 0.5) is 0 Å². The topological polar surface area (TPSA) is 3.24 Å². The summed E-state index contributed by atoms with van der Waals surface area (Å²) in [4.78, 5) is 2.42. The summed E-state index contributed by atoms with van der Waals surface area (Å²) in [6.07, 6.45) is 3.77. The van der Waals surface area contributed by atoms with Crippen molar-refractivity contribution in [2.45, 2.75) is 32.7 Å². The van der Waals surface area contributed by atoms with Crippen molar-refractivity contribution in [1.29, 1.82) is 0 Å². The molecule has 0 saturated carbocycles. The van der Waals surface area contributed by atoms with Gasteiger partial charge in [-0.3, -0.25) is 0 Å². The Morgan fingerprint density at radius 2 is 1.43 bits per heavy atom. The summed E-state index contributed by atoms with van der Waals surface area (Å²) in [5.41, 5.74) is 2.86. The molecule has 1 atom stereocenters. The molecule has 21 heavy (non-hydrogen) atoms. The first kappa shape index (κ1) is 15.8. The maximum atomic E-state index is 2.42. The monoisotopic (exact) mass is 281 g/mol. The third-order valence-electron chi connectivity index (χ3n) is 3.96. The molecule has 0 aliphatic rings. The highest BCUT2D eigenvalue weighted by atomic mass is 15.1. The van der Waals surface area contributed by atoms with E-state index in [9.17, 15) is 0 Å². The van der Waals surface area contributed by atoms with Crippen molar-refractivity contribution in [3.8, 4) is 0 Å². The first-order valence-electron chi connectivity index (χ1n) is 8.00. The van der Waals surface area contributed by atoms with E-state index in [1.165, 1.54) is 36.9 Å². The van der Waals surface area contributed by atoms with Gasteiger partial charge in [-0.05, 0) is 49.9 Å². The Labute approximate surface area is 129 Å². The highest BCUT2D eigenvalue weighted by Gasteiger charge is 2.05. The average Bonchev–Trinajstić information content (AvgIpc) is 2.49. The third-order valence-corrected chi connectivity index (χ3v) is 3.96. The first-order valence-corrected chi connectivity index (χ1v) is 8.00. The van der Waals surface area contributed by atoms with Crippen LogP contribution in [0.1, 0.15) is 30.9 Å². The SMILES string of the molecule is CC(CCCN(C)Cc1ccccc1)Cc1ccccc1. The molecular weight excluding hydrogens is 254 g/mol. The van der Waals surface area contributed by atoms with Gasteiger partial charge in [0.05, 0.1) is 0 Å². The second-order valence-corrected chi connectivity index (χ2v) is 6.16. The summed E-state index contributed by atoms with van der Waals surface area (Å²) >= 11 is 0. The molecule has 0 fully saturated rings. The smallest absolute Gasteiger partial charge is 0.0230 e. The van der Waals surface area contributed by atoms with Gasteiger partial charge in [-0.15, -0.1) is 0 Å². The molecule has 2 aromatic rings. The van der Waals surface area contributed by atoms with E-state index in [0.29, 0.717) is 0 Å². The molecule has 112 valence electrons. The van der Waals surface area contributed by atoms with Crippen LogP contribution in [-0.4, -0.2) is 18.5 Å². The largest absolute Gasteiger partial charge is 0.302 e. The Balaban J connectivity index is 1.64. The van der Waals surface area contributed by atoms with Crippen LogP contribution in [0.2, 0.25) is 0 Å². The fourth-order valence-corrected chi connectivity index (χ4v) is 2.80. The van der Waals surface area contributed by atoms with E-state index in [0.717, 1.165) is 12.5 Å². The maximum Gasteiger partial charge on any atom is 0.0230 e. The second kappa shape index (κ2) is 8.63. The number of rotatable bonds is 8. The van der Waals surface area contributed by atoms with Gasteiger partial charge in [0.2, 0.25) is 0 Å². The summed E-state index contributed by atoms with van der Waals surface area (Å²) in [5, 5.41) is 0. The Morgan fingerprint density at radius 3 is 2.05 bits per heavy atom. The molecule has 0 heterocycles. The van der Waals surface area contributed by atoms with E-state index in [-0.39, 0.29) is 0 Å². The van der Waals surface area contributed by atoms with Crippen molar-refractivity contribution in [1.82, 2.24) is 4.90 Å². The highest BCUT2D eigenvalue weighted by Crippen LogP contribution is 2.14. The zero-order valence-electron chi connectivity index (χ0n) is 13.3. The van der Waals surface area contributed by atoms with Crippen LogP contribution < -0.4 is 0 Å². The normalized spacial score (nSPS) is 12.5. The van der Waals surface area contributed by atoms with Crippen molar-refractivity contribution in [2.75, 3.05) is 13.6 Å². The lowest BCUT2D eigenvalue weighted by Crippen LogP contribution is -2.19. The fourth-order valence-electron chi connectivity index (χ4n) is 2.80. The Bertz CT molecular complexity index is 444. The van der Waals surface area contributed by atoms with Crippen molar-refractivity contribution < 1.29 is 0 Å². The third kappa shape index (κ3) is 6.14. The molecule has 0 saturated heterocycles. The second-order valence-electron chi connectivity index (χ2n) is 6.16. The molecule has 0 aliphatic heterocycles. The van der Waals surface area contributed by atoms with Gasteiger partial charge >= 0.3 is 0 Å². The molecule has 2 aromatic carbocycles. The number of hydrogen-bond donors (Lipinski definition) is 0. The number of benzene rings is 2. The van der Waals surface area contributed by atoms with Gasteiger partial charge in [-0.1, -0.05) is 67.6 Å². The zero-order valence-corrected chi connectivity index (χ0v) is 13.3. The summed E-state index contributed by atoms with van der Waals surface area (Å²) in [7, 11) is 2.22. The number of hydrogen-bond acceptors (Lipinski definition) is 1. The summed E-state index contributed by atoms with van der Waals surface area (Å²) < 4.78 is 0. The molecule has 0 amide bonds. The van der Waals surface area contributed by atoms with E-state index >= 15 is 0 Å². The predicted molar refractivity (Wildman–Crippen MR) is 91.3 cm³/mol. The van der Waals surface area contributed by atoms with Crippen LogP contribution >= 0.6 is 0 Å². The molecule has 1 heteroatoms. The minimum Gasteiger partial charge on any atom is -0.302 e. The molecule has 2 rings (SSSR count). The van der Waals surface area contributed by atoms with Crippen molar-refractivity contribution >= 4 is 0 Å². The minimum atomic E-state index is 0.762. The molecule has 0 aliphatic carbocycles. The molecule has 0 radical (unpaired) electrons. The molecule has 1 nitrogen and oxygen atoms in total. The van der Waals surface area contributed by atoms with Crippen LogP contribution in [0.15, 0.2) is 60.7 Å². The van der Waals surface area contributed by atoms with Gasteiger partial charge < -0.3 is 4.90 Å². The lowest BCUT2D eigenvalue weighted by atomic mass is 9.96. The molecule has 0 spiro atoms. The summed E-state index contributed by atoms with van der Waals surface area (Å²) in [6, 6.07) is 21.5. The first-order chi connectivity index (χ1) is 10.2. The maximum absolute atomic E-state index is 2.42. The van der Waals surface area contributed by atoms with Crippen LogP contribution in [0, 0.1) is 5.92 Å². The van der Waals surface area contributed by atoms with E-state index in [4.69, 9.17) is 0 Å². The van der Waals surface area contributed by atoms with E-state index in [2.05, 4.69) is 79.5 Å². The van der Waals surface area contributed by atoms with E-state index in [1.807, 2.05) is 0 Å². The van der Waals surface area contributed by atoms with Gasteiger partial charge in [0, 0.05) is 6.54 Å². The quantitative estimate of drug-likeness (QED) is 0.673.